The maximum atomic E-state index is 5.50. The Hall–Kier alpha value is -2.95. The SMILES string of the molecule is Cc1ccc(C2=CCc3ccc(-c4nnc(N)o4)cc32)nc1. The molecule has 0 saturated carbocycles. The average molecular weight is 290 g/mol. The van der Waals surface area contributed by atoms with Crippen LogP contribution < -0.4 is 5.73 Å². The van der Waals surface area contributed by atoms with E-state index in [1.165, 1.54) is 5.56 Å². The van der Waals surface area contributed by atoms with Gasteiger partial charge in [0, 0.05) is 17.3 Å². The number of aromatic nitrogens is 3. The van der Waals surface area contributed by atoms with Gasteiger partial charge in [-0.1, -0.05) is 23.3 Å². The van der Waals surface area contributed by atoms with E-state index in [1.54, 1.807) is 0 Å². The zero-order valence-corrected chi connectivity index (χ0v) is 12.1. The van der Waals surface area contributed by atoms with Crippen molar-refractivity contribution >= 4 is 11.6 Å². The lowest BCUT2D eigenvalue weighted by Crippen LogP contribution is -1.92. The fraction of sp³-hybridized carbons (Fsp3) is 0.118. The summed E-state index contributed by atoms with van der Waals surface area (Å²) in [7, 11) is 0. The topological polar surface area (TPSA) is 77.8 Å². The van der Waals surface area contributed by atoms with Crippen molar-refractivity contribution in [2.45, 2.75) is 13.3 Å². The van der Waals surface area contributed by atoms with E-state index in [-0.39, 0.29) is 6.01 Å². The van der Waals surface area contributed by atoms with Crippen molar-refractivity contribution in [1.29, 1.82) is 0 Å². The molecule has 0 aliphatic heterocycles. The second-order valence-electron chi connectivity index (χ2n) is 5.36. The van der Waals surface area contributed by atoms with Gasteiger partial charge in [0.1, 0.15) is 0 Å². The highest BCUT2D eigenvalue weighted by molar-refractivity contribution is 5.84. The molecule has 0 atom stereocenters. The molecular weight excluding hydrogens is 276 g/mol. The number of aryl methyl sites for hydroxylation is 1. The van der Waals surface area contributed by atoms with Crippen molar-refractivity contribution in [2.75, 3.05) is 5.73 Å². The van der Waals surface area contributed by atoms with Crippen molar-refractivity contribution in [1.82, 2.24) is 15.2 Å². The molecule has 5 heteroatoms. The number of nitrogens with zero attached hydrogens (tertiary/aromatic N) is 3. The van der Waals surface area contributed by atoms with Crippen LogP contribution in [0.4, 0.5) is 6.01 Å². The Balaban J connectivity index is 1.78. The summed E-state index contributed by atoms with van der Waals surface area (Å²) in [5.74, 6) is 0.434. The molecule has 0 saturated heterocycles. The van der Waals surface area contributed by atoms with Gasteiger partial charge in [0.25, 0.3) is 0 Å². The van der Waals surface area contributed by atoms with Crippen LogP contribution in [-0.4, -0.2) is 15.2 Å². The van der Waals surface area contributed by atoms with E-state index in [0.717, 1.165) is 34.4 Å². The van der Waals surface area contributed by atoms with E-state index < -0.39 is 0 Å². The van der Waals surface area contributed by atoms with Crippen molar-refractivity contribution in [2.24, 2.45) is 0 Å². The summed E-state index contributed by atoms with van der Waals surface area (Å²) < 4.78 is 5.31. The van der Waals surface area contributed by atoms with Crippen LogP contribution in [0.1, 0.15) is 22.4 Å². The number of hydrogen-bond acceptors (Lipinski definition) is 5. The Morgan fingerprint density at radius 3 is 2.77 bits per heavy atom. The van der Waals surface area contributed by atoms with Gasteiger partial charge in [-0.05, 0) is 48.2 Å². The van der Waals surface area contributed by atoms with Crippen LogP contribution in [0.2, 0.25) is 0 Å². The Labute approximate surface area is 127 Å². The van der Waals surface area contributed by atoms with Gasteiger partial charge >= 0.3 is 6.01 Å². The van der Waals surface area contributed by atoms with Gasteiger partial charge in [-0.2, -0.15) is 0 Å². The molecule has 0 bridgehead atoms. The van der Waals surface area contributed by atoms with E-state index in [4.69, 9.17) is 10.2 Å². The quantitative estimate of drug-likeness (QED) is 0.785. The molecule has 1 aromatic carbocycles. The lowest BCUT2D eigenvalue weighted by Gasteiger charge is -2.07. The van der Waals surface area contributed by atoms with Gasteiger partial charge in [-0.25, -0.2) is 0 Å². The first kappa shape index (κ1) is 12.8. The summed E-state index contributed by atoms with van der Waals surface area (Å²) in [5, 5.41) is 7.65. The molecule has 0 amide bonds. The third-order valence-corrected chi connectivity index (χ3v) is 3.80. The Bertz CT molecular complexity index is 878. The number of pyridine rings is 1. The van der Waals surface area contributed by atoms with Crippen LogP contribution in [-0.2, 0) is 6.42 Å². The predicted octanol–water partition coefficient (Wildman–Crippen LogP) is 3.01. The molecule has 0 fully saturated rings. The molecule has 4 rings (SSSR count). The number of hydrogen-bond donors (Lipinski definition) is 1. The molecule has 5 nitrogen and oxygen atoms in total. The number of nitrogens with two attached hydrogens (primary N) is 1. The van der Waals surface area contributed by atoms with Gasteiger partial charge in [0.2, 0.25) is 5.89 Å². The van der Waals surface area contributed by atoms with Crippen molar-refractivity contribution in [3.05, 3.63) is 65.0 Å². The van der Waals surface area contributed by atoms with Crippen LogP contribution in [0.25, 0.3) is 17.0 Å². The molecule has 0 radical (unpaired) electrons. The highest BCUT2D eigenvalue weighted by Crippen LogP contribution is 2.34. The summed E-state index contributed by atoms with van der Waals surface area (Å²) in [6.45, 7) is 2.03. The Kier molecular flexibility index (Phi) is 2.79. The lowest BCUT2D eigenvalue weighted by atomic mass is 10.00. The fourth-order valence-electron chi connectivity index (χ4n) is 2.68. The minimum atomic E-state index is 0.0754. The van der Waals surface area contributed by atoms with Gasteiger partial charge in [-0.15, -0.1) is 5.10 Å². The first-order chi connectivity index (χ1) is 10.7. The van der Waals surface area contributed by atoms with Crippen molar-refractivity contribution < 1.29 is 4.42 Å². The monoisotopic (exact) mass is 290 g/mol. The second kappa shape index (κ2) is 4.80. The number of nitrogen functional groups attached to an aromatic ring is 1. The summed E-state index contributed by atoms with van der Waals surface area (Å²) in [5.41, 5.74) is 12.1. The first-order valence-electron chi connectivity index (χ1n) is 7.06. The van der Waals surface area contributed by atoms with Crippen LogP contribution in [0.15, 0.2) is 47.0 Å². The third kappa shape index (κ3) is 2.07. The second-order valence-corrected chi connectivity index (χ2v) is 5.36. The highest BCUT2D eigenvalue weighted by atomic mass is 16.4. The van der Waals surface area contributed by atoms with E-state index >= 15 is 0 Å². The zero-order chi connectivity index (χ0) is 15.1. The lowest BCUT2D eigenvalue weighted by molar-refractivity contribution is 0.590. The van der Waals surface area contributed by atoms with Gasteiger partial charge < -0.3 is 10.2 Å². The van der Waals surface area contributed by atoms with Gasteiger partial charge in [0.05, 0.1) is 5.69 Å². The summed E-state index contributed by atoms with van der Waals surface area (Å²) in [6.07, 6.45) is 5.00. The van der Waals surface area contributed by atoms with E-state index in [1.807, 2.05) is 25.3 Å². The molecule has 0 unspecified atom stereocenters. The fourth-order valence-corrected chi connectivity index (χ4v) is 2.68. The van der Waals surface area contributed by atoms with E-state index in [0.29, 0.717) is 5.89 Å². The summed E-state index contributed by atoms with van der Waals surface area (Å²) >= 11 is 0. The smallest absolute Gasteiger partial charge is 0.313 e. The van der Waals surface area contributed by atoms with Crippen LogP contribution in [0.5, 0.6) is 0 Å². The Morgan fingerprint density at radius 2 is 2.05 bits per heavy atom. The molecule has 3 aromatic rings. The number of rotatable bonds is 2. The maximum Gasteiger partial charge on any atom is 0.313 e. The summed E-state index contributed by atoms with van der Waals surface area (Å²) in [4.78, 5) is 4.53. The molecule has 2 N–H and O–H groups in total. The molecule has 2 heterocycles. The molecular formula is C17H14N4O. The molecule has 2 aromatic heterocycles. The van der Waals surface area contributed by atoms with Crippen molar-refractivity contribution in [3.63, 3.8) is 0 Å². The molecule has 1 aliphatic rings. The maximum absolute atomic E-state index is 5.50. The molecule has 1 aliphatic carbocycles. The van der Waals surface area contributed by atoms with Gasteiger partial charge in [-0.3, -0.25) is 4.98 Å². The van der Waals surface area contributed by atoms with E-state index in [2.05, 4.69) is 39.5 Å². The standard InChI is InChI=1S/C17H14N4O/c1-10-2-7-15(19-9-10)13-6-5-11-3-4-12(8-14(11)13)16-20-21-17(18)22-16/h2-4,6-9H,5H2,1H3,(H2,18,21). The molecule has 108 valence electrons. The Morgan fingerprint density at radius 1 is 1.14 bits per heavy atom. The average Bonchev–Trinajstić information content (AvgIpc) is 3.14. The van der Waals surface area contributed by atoms with Crippen LogP contribution in [0, 0.1) is 6.92 Å². The van der Waals surface area contributed by atoms with Crippen LogP contribution in [0.3, 0.4) is 0 Å². The number of fused-ring (bicyclic) bond motifs is 1. The normalized spacial score (nSPS) is 13.0. The zero-order valence-electron chi connectivity index (χ0n) is 12.1. The molecule has 22 heavy (non-hydrogen) atoms. The minimum Gasteiger partial charge on any atom is -0.404 e. The minimum absolute atomic E-state index is 0.0754. The predicted molar refractivity (Wildman–Crippen MR) is 83.9 cm³/mol. The first-order valence-corrected chi connectivity index (χ1v) is 7.06. The van der Waals surface area contributed by atoms with Gasteiger partial charge in [0.15, 0.2) is 0 Å². The van der Waals surface area contributed by atoms with Crippen LogP contribution >= 0.6 is 0 Å². The highest BCUT2D eigenvalue weighted by Gasteiger charge is 2.18. The number of allylic oxidation sites excluding steroid dienone is 1. The number of anilines is 1. The largest absolute Gasteiger partial charge is 0.404 e. The van der Waals surface area contributed by atoms with Crippen molar-refractivity contribution in [3.8, 4) is 11.5 Å². The molecule has 0 spiro atoms. The van der Waals surface area contributed by atoms with E-state index in [9.17, 15) is 0 Å². The number of benzene rings is 1. The third-order valence-electron chi connectivity index (χ3n) is 3.80. The summed E-state index contributed by atoms with van der Waals surface area (Å²) in [6, 6.07) is 10.3.